The number of ether oxygens (including phenoxy) is 1. The maximum atomic E-state index is 5.76. The molecule has 0 aliphatic heterocycles. The van der Waals surface area contributed by atoms with Crippen LogP contribution in [0.1, 0.15) is 0 Å². The van der Waals surface area contributed by atoms with Crippen LogP contribution in [0.2, 0.25) is 5.28 Å². The lowest BCUT2D eigenvalue weighted by atomic mass is 10.1. The fraction of sp³-hybridized carbons (Fsp3) is 0.0714. The summed E-state index contributed by atoms with van der Waals surface area (Å²) in [6.45, 7) is 0. The molecule has 0 unspecified atom stereocenters. The van der Waals surface area contributed by atoms with Gasteiger partial charge in [-0.25, -0.2) is 4.98 Å². The Labute approximate surface area is 115 Å². The Morgan fingerprint density at radius 2 is 1.63 bits per heavy atom. The number of rotatable bonds is 2. The van der Waals surface area contributed by atoms with Gasteiger partial charge in [0.15, 0.2) is 0 Å². The Bertz CT molecular complexity index is 728. The van der Waals surface area contributed by atoms with Crippen LogP contribution >= 0.6 is 11.6 Å². The largest absolute Gasteiger partial charge is 0.497 e. The summed E-state index contributed by atoms with van der Waals surface area (Å²) in [7, 11) is 1.65. The van der Waals surface area contributed by atoms with Crippen LogP contribution in [0, 0.1) is 0 Å². The third-order valence-corrected chi connectivity index (χ3v) is 3.01. The number of hydrogen-bond acceptors (Lipinski definition) is 4. The van der Waals surface area contributed by atoms with E-state index in [2.05, 4.69) is 15.2 Å². The standard InChI is InChI=1S/C14H10ClN3O/c1-19-11-5-2-9(3-6-11)10-4-7-12-13(8-10)16-14(15)18-17-12/h2-8H,1H3. The molecule has 0 fully saturated rings. The molecule has 0 radical (unpaired) electrons. The molecule has 0 aliphatic carbocycles. The van der Waals surface area contributed by atoms with E-state index in [0.29, 0.717) is 0 Å². The molecular weight excluding hydrogens is 262 g/mol. The molecule has 19 heavy (non-hydrogen) atoms. The molecule has 0 saturated heterocycles. The molecule has 3 aromatic rings. The predicted octanol–water partition coefficient (Wildman–Crippen LogP) is 3.35. The number of hydrogen-bond donors (Lipinski definition) is 0. The zero-order valence-electron chi connectivity index (χ0n) is 10.2. The average molecular weight is 272 g/mol. The third kappa shape index (κ3) is 2.35. The van der Waals surface area contributed by atoms with Crippen LogP contribution in [0.25, 0.3) is 22.2 Å². The Hall–Kier alpha value is -2.20. The number of halogens is 1. The smallest absolute Gasteiger partial charge is 0.243 e. The summed E-state index contributed by atoms with van der Waals surface area (Å²) >= 11 is 5.76. The first-order chi connectivity index (χ1) is 9.26. The highest BCUT2D eigenvalue weighted by Crippen LogP contribution is 2.24. The minimum atomic E-state index is 0.152. The van der Waals surface area contributed by atoms with Gasteiger partial charge in [-0.05, 0) is 47.0 Å². The molecule has 0 aliphatic rings. The van der Waals surface area contributed by atoms with Gasteiger partial charge in [0, 0.05) is 0 Å². The monoisotopic (exact) mass is 271 g/mol. The highest BCUT2D eigenvalue weighted by atomic mass is 35.5. The van der Waals surface area contributed by atoms with E-state index in [4.69, 9.17) is 16.3 Å². The molecule has 0 spiro atoms. The SMILES string of the molecule is COc1ccc(-c2ccc3nnc(Cl)nc3c2)cc1. The zero-order chi connectivity index (χ0) is 13.2. The van der Waals surface area contributed by atoms with E-state index in [1.807, 2.05) is 42.5 Å². The molecule has 3 rings (SSSR count). The fourth-order valence-corrected chi connectivity index (χ4v) is 2.01. The van der Waals surface area contributed by atoms with Gasteiger partial charge in [-0.2, -0.15) is 0 Å². The lowest BCUT2D eigenvalue weighted by molar-refractivity contribution is 0.415. The van der Waals surface area contributed by atoms with E-state index in [1.54, 1.807) is 7.11 Å². The number of fused-ring (bicyclic) bond motifs is 1. The minimum absolute atomic E-state index is 0.152. The zero-order valence-corrected chi connectivity index (χ0v) is 10.9. The van der Waals surface area contributed by atoms with E-state index >= 15 is 0 Å². The van der Waals surface area contributed by atoms with Crippen molar-refractivity contribution in [2.24, 2.45) is 0 Å². The molecule has 94 valence electrons. The van der Waals surface area contributed by atoms with E-state index < -0.39 is 0 Å². The normalized spacial score (nSPS) is 10.6. The van der Waals surface area contributed by atoms with Crippen molar-refractivity contribution in [1.29, 1.82) is 0 Å². The average Bonchev–Trinajstić information content (AvgIpc) is 2.46. The molecule has 0 atom stereocenters. The van der Waals surface area contributed by atoms with Gasteiger partial charge in [-0.1, -0.05) is 18.2 Å². The summed E-state index contributed by atoms with van der Waals surface area (Å²) in [5.74, 6) is 0.830. The lowest BCUT2D eigenvalue weighted by Crippen LogP contribution is -1.90. The number of benzene rings is 2. The van der Waals surface area contributed by atoms with Crippen molar-refractivity contribution in [3.8, 4) is 16.9 Å². The first-order valence-electron chi connectivity index (χ1n) is 5.71. The van der Waals surface area contributed by atoms with Gasteiger partial charge >= 0.3 is 0 Å². The second kappa shape index (κ2) is 4.82. The van der Waals surface area contributed by atoms with Crippen LogP contribution < -0.4 is 4.74 Å². The second-order valence-corrected chi connectivity index (χ2v) is 4.35. The summed E-state index contributed by atoms with van der Waals surface area (Å²) in [5, 5.41) is 7.85. The third-order valence-electron chi connectivity index (χ3n) is 2.85. The van der Waals surface area contributed by atoms with E-state index in [1.165, 1.54) is 0 Å². The summed E-state index contributed by atoms with van der Waals surface area (Å²) in [6.07, 6.45) is 0. The van der Waals surface area contributed by atoms with Gasteiger partial charge in [0.1, 0.15) is 11.3 Å². The first-order valence-corrected chi connectivity index (χ1v) is 6.08. The highest BCUT2D eigenvalue weighted by molar-refractivity contribution is 6.28. The van der Waals surface area contributed by atoms with Crippen LogP contribution in [0.3, 0.4) is 0 Å². The molecule has 5 heteroatoms. The van der Waals surface area contributed by atoms with Crippen LogP contribution in [0.15, 0.2) is 42.5 Å². The van der Waals surface area contributed by atoms with Gasteiger partial charge < -0.3 is 4.74 Å². The minimum Gasteiger partial charge on any atom is -0.497 e. The summed E-state index contributed by atoms with van der Waals surface area (Å²) < 4.78 is 5.14. The molecule has 1 aromatic heterocycles. The predicted molar refractivity (Wildman–Crippen MR) is 74.3 cm³/mol. The maximum absolute atomic E-state index is 5.76. The van der Waals surface area contributed by atoms with Crippen molar-refractivity contribution < 1.29 is 4.74 Å². The number of methoxy groups -OCH3 is 1. The van der Waals surface area contributed by atoms with Crippen molar-refractivity contribution in [1.82, 2.24) is 15.2 Å². The van der Waals surface area contributed by atoms with Gasteiger partial charge in [0.25, 0.3) is 0 Å². The van der Waals surface area contributed by atoms with Gasteiger partial charge in [0.2, 0.25) is 5.28 Å². The number of nitrogens with zero attached hydrogens (tertiary/aromatic N) is 3. The van der Waals surface area contributed by atoms with Crippen molar-refractivity contribution in [2.75, 3.05) is 7.11 Å². The van der Waals surface area contributed by atoms with Gasteiger partial charge in [0.05, 0.1) is 12.6 Å². The van der Waals surface area contributed by atoms with Crippen molar-refractivity contribution in [3.63, 3.8) is 0 Å². The summed E-state index contributed by atoms with van der Waals surface area (Å²) in [6, 6.07) is 13.6. The van der Waals surface area contributed by atoms with Gasteiger partial charge in [-0.15, -0.1) is 10.2 Å². The molecule has 0 saturated carbocycles. The quantitative estimate of drug-likeness (QED) is 0.717. The first kappa shape index (κ1) is 11.9. The molecule has 4 nitrogen and oxygen atoms in total. The van der Waals surface area contributed by atoms with E-state index in [-0.39, 0.29) is 5.28 Å². The van der Waals surface area contributed by atoms with Crippen LogP contribution in [-0.4, -0.2) is 22.3 Å². The number of aromatic nitrogens is 3. The Morgan fingerprint density at radius 3 is 2.37 bits per heavy atom. The van der Waals surface area contributed by atoms with Crippen LogP contribution in [0.4, 0.5) is 0 Å². The van der Waals surface area contributed by atoms with Crippen molar-refractivity contribution in [2.45, 2.75) is 0 Å². The Kier molecular flexibility index (Phi) is 3.01. The molecule has 0 amide bonds. The lowest BCUT2D eigenvalue weighted by Gasteiger charge is -2.04. The molecule has 2 aromatic carbocycles. The Balaban J connectivity index is 2.08. The second-order valence-electron chi connectivity index (χ2n) is 4.01. The fourth-order valence-electron chi connectivity index (χ4n) is 1.88. The van der Waals surface area contributed by atoms with Crippen LogP contribution in [0.5, 0.6) is 5.75 Å². The molecule has 1 heterocycles. The van der Waals surface area contributed by atoms with Crippen molar-refractivity contribution >= 4 is 22.6 Å². The van der Waals surface area contributed by atoms with Crippen molar-refractivity contribution in [3.05, 3.63) is 47.7 Å². The highest BCUT2D eigenvalue weighted by Gasteiger charge is 2.03. The van der Waals surface area contributed by atoms with Crippen LogP contribution in [-0.2, 0) is 0 Å². The summed E-state index contributed by atoms with van der Waals surface area (Å²) in [5.41, 5.74) is 3.58. The van der Waals surface area contributed by atoms with E-state index in [9.17, 15) is 0 Å². The topological polar surface area (TPSA) is 47.9 Å². The molecule has 0 N–H and O–H groups in total. The van der Waals surface area contributed by atoms with Gasteiger partial charge in [-0.3, -0.25) is 0 Å². The maximum Gasteiger partial charge on any atom is 0.243 e. The molecule has 0 bridgehead atoms. The van der Waals surface area contributed by atoms with E-state index in [0.717, 1.165) is 27.9 Å². The summed E-state index contributed by atoms with van der Waals surface area (Å²) in [4.78, 5) is 4.16. The Morgan fingerprint density at radius 1 is 0.895 bits per heavy atom. The molecular formula is C14H10ClN3O.